The quantitative estimate of drug-likeness (QED) is 0.231. The first-order valence-electron chi connectivity index (χ1n) is 14.1. The number of allylic oxidation sites excluding steroid dienone is 1. The first kappa shape index (κ1) is 29.2. The summed E-state index contributed by atoms with van der Waals surface area (Å²) in [4.78, 5) is 28.5. The van der Waals surface area contributed by atoms with E-state index in [1.807, 2.05) is 6.08 Å². The minimum absolute atomic E-state index is 0.201. The zero-order chi connectivity index (χ0) is 29.3. The molecule has 2 aliphatic heterocycles. The molecular weight excluding hydrogens is 528 g/mol. The van der Waals surface area contributed by atoms with Gasteiger partial charge in [-0.05, 0) is 72.1 Å². The summed E-state index contributed by atoms with van der Waals surface area (Å²) >= 11 is 0. The van der Waals surface area contributed by atoms with Crippen LogP contribution in [0.15, 0.2) is 59.2 Å². The molecule has 3 aliphatic rings. The summed E-state index contributed by atoms with van der Waals surface area (Å²) in [6.45, 7) is 2.75. The third-order valence-corrected chi connectivity index (χ3v) is 8.39. The standard InChI is InChI=1S/C31H35BFNO7/c1-3-5-18(12-19-8-10-26(35)25(33)13-19)9-11-27-28-20(16-40-2)14-23-29(24(28)17-41-27)31(37)34(30(23)36)22-7-4-6-21(15-22)32(38)39/h4,6-8,10,12-13,15,23-24,27,29,35,38-39H,3,5,9,11,14,16-17H2,1-2H3/b18-12+/t23-,24+,27-,29-/m1/s1. The predicted octanol–water partition coefficient (Wildman–Crippen LogP) is 3.34. The zero-order valence-corrected chi connectivity index (χ0v) is 23.3. The van der Waals surface area contributed by atoms with Crippen molar-refractivity contribution in [3.05, 3.63) is 70.6 Å². The normalized spacial score (nSPS) is 24.2. The fourth-order valence-electron chi connectivity index (χ4n) is 6.61. The van der Waals surface area contributed by atoms with Gasteiger partial charge in [0.25, 0.3) is 0 Å². The minimum Gasteiger partial charge on any atom is -0.505 e. The molecular formula is C31H35BFNO7. The van der Waals surface area contributed by atoms with Crippen LogP contribution in [-0.4, -0.2) is 60.5 Å². The summed E-state index contributed by atoms with van der Waals surface area (Å²) in [6, 6.07) is 10.5. The van der Waals surface area contributed by atoms with Crippen LogP contribution in [0.3, 0.4) is 0 Å². The Kier molecular flexibility index (Phi) is 8.75. The van der Waals surface area contributed by atoms with Gasteiger partial charge >= 0.3 is 7.12 Å². The predicted molar refractivity (Wildman–Crippen MR) is 153 cm³/mol. The van der Waals surface area contributed by atoms with E-state index in [0.29, 0.717) is 43.7 Å². The fraction of sp³-hybridized carbons (Fsp3) is 0.419. The number of halogens is 1. The second-order valence-corrected chi connectivity index (χ2v) is 11.0. The van der Waals surface area contributed by atoms with Crippen molar-refractivity contribution in [2.75, 3.05) is 25.2 Å². The molecule has 10 heteroatoms. The molecule has 4 atom stereocenters. The monoisotopic (exact) mass is 563 g/mol. The van der Waals surface area contributed by atoms with Crippen molar-refractivity contribution in [3.63, 3.8) is 0 Å². The van der Waals surface area contributed by atoms with Crippen molar-refractivity contribution in [1.82, 2.24) is 0 Å². The van der Waals surface area contributed by atoms with Crippen molar-refractivity contribution < 1.29 is 38.6 Å². The molecule has 3 N–H and O–H groups in total. The van der Waals surface area contributed by atoms with Crippen LogP contribution in [-0.2, 0) is 19.1 Å². The zero-order valence-electron chi connectivity index (χ0n) is 23.3. The van der Waals surface area contributed by atoms with E-state index < -0.39 is 24.8 Å². The number of anilines is 1. The van der Waals surface area contributed by atoms with Crippen molar-refractivity contribution in [3.8, 4) is 5.75 Å². The molecule has 2 saturated heterocycles. The first-order valence-corrected chi connectivity index (χ1v) is 14.1. The van der Waals surface area contributed by atoms with Crippen LogP contribution in [0.2, 0.25) is 0 Å². The molecule has 1 aliphatic carbocycles. The molecule has 216 valence electrons. The molecule has 2 amide bonds. The molecule has 5 rings (SSSR count). The number of phenols is 1. The summed E-state index contributed by atoms with van der Waals surface area (Å²) in [5.41, 5.74) is 4.38. The van der Waals surface area contributed by atoms with E-state index in [4.69, 9.17) is 9.47 Å². The summed E-state index contributed by atoms with van der Waals surface area (Å²) < 4.78 is 25.7. The molecule has 0 unspecified atom stereocenters. The van der Waals surface area contributed by atoms with E-state index in [0.717, 1.165) is 29.6 Å². The van der Waals surface area contributed by atoms with Gasteiger partial charge in [0.2, 0.25) is 11.8 Å². The molecule has 2 aromatic carbocycles. The largest absolute Gasteiger partial charge is 0.505 e. The van der Waals surface area contributed by atoms with Gasteiger partial charge in [-0.25, -0.2) is 4.39 Å². The number of benzene rings is 2. The number of nitrogens with zero attached hydrogens (tertiary/aromatic N) is 1. The van der Waals surface area contributed by atoms with E-state index >= 15 is 0 Å². The van der Waals surface area contributed by atoms with Crippen LogP contribution in [0, 0.1) is 23.6 Å². The SMILES string of the molecule is CCC/C(=C\c1ccc(O)c(F)c1)CC[C@H]1OC[C@H]2C1=C(COC)C[C@H]1C(=O)N(c3cccc(B(O)O)c3)C(=O)[C@H]12. The molecule has 0 bridgehead atoms. The van der Waals surface area contributed by atoms with Gasteiger partial charge in [0.05, 0.1) is 36.8 Å². The number of hydrogen-bond donors (Lipinski definition) is 3. The Bertz CT molecular complexity index is 1390. The lowest BCUT2D eigenvalue weighted by Crippen LogP contribution is -2.36. The van der Waals surface area contributed by atoms with Gasteiger partial charge in [0.15, 0.2) is 11.6 Å². The number of methoxy groups -OCH3 is 1. The number of amides is 2. The van der Waals surface area contributed by atoms with Crippen LogP contribution < -0.4 is 10.4 Å². The number of rotatable bonds is 10. The lowest BCUT2D eigenvalue weighted by Gasteiger charge is -2.31. The smallest absolute Gasteiger partial charge is 0.488 e. The van der Waals surface area contributed by atoms with Gasteiger partial charge in [-0.3, -0.25) is 14.5 Å². The second kappa shape index (κ2) is 12.3. The molecule has 0 radical (unpaired) electrons. The number of aromatic hydroxyl groups is 1. The highest BCUT2D eigenvalue weighted by molar-refractivity contribution is 6.58. The third-order valence-electron chi connectivity index (χ3n) is 8.39. The molecule has 0 spiro atoms. The molecule has 2 aromatic rings. The van der Waals surface area contributed by atoms with E-state index in [1.165, 1.54) is 29.2 Å². The number of hydrogen-bond acceptors (Lipinski definition) is 7. The summed E-state index contributed by atoms with van der Waals surface area (Å²) in [5, 5.41) is 28.7. The third kappa shape index (κ3) is 5.74. The molecule has 0 aromatic heterocycles. The van der Waals surface area contributed by atoms with Gasteiger partial charge in [-0.1, -0.05) is 43.2 Å². The summed E-state index contributed by atoms with van der Waals surface area (Å²) in [5.74, 6) is -2.98. The highest BCUT2D eigenvalue weighted by atomic mass is 19.1. The Morgan fingerprint density at radius 1 is 1.15 bits per heavy atom. The maximum Gasteiger partial charge on any atom is 0.488 e. The number of ether oxygens (including phenoxy) is 2. The first-order chi connectivity index (χ1) is 19.7. The van der Waals surface area contributed by atoms with E-state index in [2.05, 4.69) is 6.92 Å². The highest BCUT2D eigenvalue weighted by Crippen LogP contribution is 2.50. The Labute approximate surface area is 239 Å². The Balaban J connectivity index is 1.39. The molecule has 0 saturated carbocycles. The van der Waals surface area contributed by atoms with Gasteiger partial charge in [0.1, 0.15) is 0 Å². The van der Waals surface area contributed by atoms with Crippen LogP contribution in [0.4, 0.5) is 10.1 Å². The molecule has 2 fully saturated rings. The average molecular weight is 563 g/mol. The topological polar surface area (TPSA) is 117 Å². The fourth-order valence-corrected chi connectivity index (χ4v) is 6.61. The number of fused-ring (bicyclic) bond motifs is 3. The maximum atomic E-state index is 13.9. The highest BCUT2D eigenvalue weighted by Gasteiger charge is 2.57. The van der Waals surface area contributed by atoms with Gasteiger partial charge in [0, 0.05) is 13.0 Å². The second-order valence-electron chi connectivity index (χ2n) is 11.0. The van der Waals surface area contributed by atoms with Crippen LogP contribution in [0.1, 0.15) is 44.6 Å². The Hall–Kier alpha value is -3.31. The lowest BCUT2D eigenvalue weighted by molar-refractivity contribution is -0.122. The van der Waals surface area contributed by atoms with Gasteiger partial charge < -0.3 is 24.6 Å². The lowest BCUT2D eigenvalue weighted by atomic mass is 9.69. The minimum atomic E-state index is -1.71. The van der Waals surface area contributed by atoms with Crippen molar-refractivity contribution >= 4 is 36.2 Å². The van der Waals surface area contributed by atoms with E-state index in [-0.39, 0.29) is 35.0 Å². The number of carbonyl (C=O) groups is 2. The van der Waals surface area contributed by atoms with Crippen LogP contribution in [0.25, 0.3) is 6.08 Å². The molecule has 2 heterocycles. The van der Waals surface area contributed by atoms with Crippen molar-refractivity contribution in [2.45, 2.75) is 45.1 Å². The number of phenolic OH excluding ortho intramolecular Hbond substituents is 1. The van der Waals surface area contributed by atoms with Crippen molar-refractivity contribution in [1.29, 1.82) is 0 Å². The average Bonchev–Trinajstić information content (AvgIpc) is 3.48. The van der Waals surface area contributed by atoms with E-state index in [9.17, 15) is 29.1 Å². The van der Waals surface area contributed by atoms with E-state index in [1.54, 1.807) is 25.3 Å². The van der Waals surface area contributed by atoms with Gasteiger partial charge in [-0.2, -0.15) is 0 Å². The van der Waals surface area contributed by atoms with Crippen molar-refractivity contribution in [2.24, 2.45) is 17.8 Å². The molecule has 41 heavy (non-hydrogen) atoms. The Morgan fingerprint density at radius 3 is 2.66 bits per heavy atom. The van der Waals surface area contributed by atoms with Gasteiger partial charge in [-0.15, -0.1) is 0 Å². The summed E-state index contributed by atoms with van der Waals surface area (Å²) in [7, 11) is -0.104. The number of carbonyl (C=O) groups excluding carboxylic acids is 2. The van der Waals surface area contributed by atoms with Crippen LogP contribution in [0.5, 0.6) is 5.75 Å². The molecule has 8 nitrogen and oxygen atoms in total. The van der Waals surface area contributed by atoms with Crippen LogP contribution >= 0.6 is 0 Å². The summed E-state index contributed by atoms with van der Waals surface area (Å²) in [6.07, 6.45) is 5.26. The Morgan fingerprint density at radius 2 is 1.95 bits per heavy atom. The maximum absolute atomic E-state index is 13.9. The number of imide groups is 1.